The van der Waals surface area contributed by atoms with E-state index >= 15 is 0 Å². The first-order valence-corrected chi connectivity index (χ1v) is 14.6. The molecule has 1 atom stereocenters. The summed E-state index contributed by atoms with van der Waals surface area (Å²) in [5.74, 6) is -0.425. The Morgan fingerprint density at radius 3 is 2.45 bits per heavy atom. The SMILES string of the molecule is CN=C(NS(=O)(=O)c1ccc(Cl)c(C(F)(F)F)c1)N1CC(O)(c2ccccc2)C(c2ccc(OC/C=C/C(=O)OC)cc2)=N1. The number of halogens is 4. The maximum atomic E-state index is 13.4. The number of carbonyl (C=O) groups is 1. The number of nitrogens with zero attached hydrogens (tertiary/aromatic N) is 3. The van der Waals surface area contributed by atoms with Gasteiger partial charge in [0.05, 0.1) is 29.1 Å². The van der Waals surface area contributed by atoms with Crippen LogP contribution in [0.25, 0.3) is 0 Å². The van der Waals surface area contributed by atoms with Crippen LogP contribution in [0.15, 0.2) is 99.9 Å². The Morgan fingerprint density at radius 2 is 1.84 bits per heavy atom. The summed E-state index contributed by atoms with van der Waals surface area (Å²) in [5, 5.41) is 16.9. The molecule has 1 aliphatic heterocycles. The van der Waals surface area contributed by atoms with Gasteiger partial charge in [0.2, 0.25) is 5.96 Å². The van der Waals surface area contributed by atoms with Crippen molar-refractivity contribution in [1.82, 2.24) is 9.73 Å². The lowest BCUT2D eigenvalue weighted by Gasteiger charge is -2.26. The quantitative estimate of drug-likeness (QED) is 0.161. The average Bonchev–Trinajstić information content (AvgIpc) is 3.36. The molecule has 3 aromatic carbocycles. The molecular formula is C29H26ClF3N4O6S. The first kappa shape index (κ1) is 32.5. The Labute approximate surface area is 256 Å². The highest BCUT2D eigenvalue weighted by atomic mass is 35.5. The van der Waals surface area contributed by atoms with Gasteiger partial charge in [0, 0.05) is 18.7 Å². The van der Waals surface area contributed by atoms with Crippen LogP contribution in [-0.2, 0) is 31.3 Å². The summed E-state index contributed by atoms with van der Waals surface area (Å²) in [5.41, 5.74) is -2.02. The summed E-state index contributed by atoms with van der Waals surface area (Å²) in [6.45, 7) is -0.196. The zero-order valence-electron chi connectivity index (χ0n) is 23.2. The van der Waals surface area contributed by atoms with Gasteiger partial charge in [0.15, 0.2) is 5.60 Å². The van der Waals surface area contributed by atoms with E-state index in [1.54, 1.807) is 54.6 Å². The molecule has 0 amide bonds. The fourth-order valence-corrected chi connectivity index (χ4v) is 5.54. The minimum atomic E-state index is -4.88. The topological polar surface area (TPSA) is 130 Å². The van der Waals surface area contributed by atoms with Crippen molar-refractivity contribution < 1.29 is 41.0 Å². The number of benzene rings is 3. The summed E-state index contributed by atoms with van der Waals surface area (Å²) in [7, 11) is -2.08. The van der Waals surface area contributed by atoms with Crippen molar-refractivity contribution in [3.63, 3.8) is 0 Å². The van der Waals surface area contributed by atoms with E-state index in [-0.39, 0.29) is 24.8 Å². The second-order valence-electron chi connectivity index (χ2n) is 9.29. The zero-order valence-corrected chi connectivity index (χ0v) is 24.8. The van der Waals surface area contributed by atoms with Crippen LogP contribution < -0.4 is 9.46 Å². The fourth-order valence-electron chi connectivity index (χ4n) is 4.24. The van der Waals surface area contributed by atoms with E-state index in [1.165, 1.54) is 26.3 Å². The van der Waals surface area contributed by atoms with Crippen molar-refractivity contribution in [2.75, 3.05) is 27.3 Å². The number of hydrazone groups is 1. The number of esters is 1. The third kappa shape index (κ3) is 7.21. The van der Waals surface area contributed by atoms with E-state index in [9.17, 15) is 31.5 Å². The Hall–Kier alpha value is -4.40. The van der Waals surface area contributed by atoms with Gasteiger partial charge in [-0.05, 0) is 54.1 Å². The first-order valence-electron chi connectivity index (χ1n) is 12.8. The number of ether oxygens (including phenoxy) is 2. The lowest BCUT2D eigenvalue weighted by Crippen LogP contribution is -2.45. The first-order chi connectivity index (χ1) is 20.8. The molecule has 0 saturated heterocycles. The molecule has 4 rings (SSSR count). The standard InChI is InChI=1S/C29H26ClF3N4O6S/c1-34-27(36-44(40,41)22-14-15-24(30)23(17-22)29(31,32)33)37-18-28(39,20-7-4-3-5-8-20)26(35-37)19-10-12-21(13-11-19)43-16-6-9-25(38)42-2/h3-15,17,39H,16,18H2,1-2H3,(H,34,36)/b9-6+. The number of methoxy groups -OCH3 is 1. The van der Waals surface area contributed by atoms with Crippen molar-refractivity contribution in [3.05, 3.63) is 107 Å². The molecule has 0 aliphatic carbocycles. The Bertz CT molecular complexity index is 1720. The smallest absolute Gasteiger partial charge is 0.417 e. The van der Waals surface area contributed by atoms with Crippen molar-refractivity contribution in [3.8, 4) is 5.75 Å². The van der Waals surface area contributed by atoms with Gasteiger partial charge in [-0.2, -0.15) is 18.3 Å². The highest BCUT2D eigenvalue weighted by Crippen LogP contribution is 2.36. The molecule has 1 aliphatic rings. The average molecular weight is 651 g/mol. The zero-order chi connectivity index (χ0) is 32.1. The van der Waals surface area contributed by atoms with Gasteiger partial charge >= 0.3 is 12.1 Å². The van der Waals surface area contributed by atoms with Gasteiger partial charge in [-0.1, -0.05) is 41.9 Å². The fraction of sp³-hybridized carbons (Fsp3) is 0.207. The van der Waals surface area contributed by atoms with Crippen molar-refractivity contribution >= 4 is 39.3 Å². The largest absolute Gasteiger partial charge is 0.490 e. The molecule has 0 bridgehead atoms. The number of nitrogens with one attached hydrogen (secondary N) is 1. The number of guanidine groups is 1. The molecule has 2 N–H and O–H groups in total. The lowest BCUT2D eigenvalue weighted by molar-refractivity contribution is -0.137. The highest BCUT2D eigenvalue weighted by molar-refractivity contribution is 7.90. The van der Waals surface area contributed by atoms with E-state index in [0.717, 1.165) is 17.1 Å². The predicted molar refractivity (Wildman–Crippen MR) is 157 cm³/mol. The number of hydrogen-bond acceptors (Lipinski definition) is 8. The summed E-state index contributed by atoms with van der Waals surface area (Å²) in [6, 6.07) is 17.2. The van der Waals surface area contributed by atoms with Crippen molar-refractivity contribution in [2.45, 2.75) is 16.7 Å². The van der Waals surface area contributed by atoms with Gasteiger partial charge in [0.25, 0.3) is 10.0 Å². The van der Waals surface area contributed by atoms with E-state index < -0.39 is 43.3 Å². The van der Waals surface area contributed by atoms with Crippen LogP contribution in [0.2, 0.25) is 5.02 Å². The van der Waals surface area contributed by atoms with Crippen LogP contribution in [-0.4, -0.2) is 63.5 Å². The summed E-state index contributed by atoms with van der Waals surface area (Å²) in [6.07, 6.45) is -2.18. The number of β-amino-alcohol motifs (C(OH)–C–C–N with tert-alkyl or cyclic N) is 1. The van der Waals surface area contributed by atoms with Crippen molar-refractivity contribution in [1.29, 1.82) is 0 Å². The molecule has 10 nitrogen and oxygen atoms in total. The van der Waals surface area contributed by atoms with Crippen LogP contribution in [0.4, 0.5) is 13.2 Å². The molecule has 3 aromatic rings. The number of aliphatic hydroxyl groups is 1. The molecule has 0 saturated carbocycles. The number of alkyl halides is 3. The molecule has 1 heterocycles. The van der Waals surface area contributed by atoms with Crippen LogP contribution in [0.3, 0.4) is 0 Å². The third-order valence-corrected chi connectivity index (χ3v) is 8.06. The van der Waals surface area contributed by atoms with Crippen LogP contribution in [0.1, 0.15) is 16.7 Å². The van der Waals surface area contributed by atoms with Crippen molar-refractivity contribution in [2.24, 2.45) is 10.1 Å². The minimum absolute atomic E-state index is 0.0890. The Kier molecular flexibility index (Phi) is 9.66. The summed E-state index contributed by atoms with van der Waals surface area (Å²) >= 11 is 5.65. The number of hydrogen-bond donors (Lipinski definition) is 2. The maximum absolute atomic E-state index is 13.4. The molecule has 0 aromatic heterocycles. The van der Waals surface area contributed by atoms with Crippen LogP contribution >= 0.6 is 11.6 Å². The van der Waals surface area contributed by atoms with E-state index in [0.29, 0.717) is 22.9 Å². The summed E-state index contributed by atoms with van der Waals surface area (Å²) < 4.78 is 78.7. The maximum Gasteiger partial charge on any atom is 0.417 e. The lowest BCUT2D eigenvalue weighted by atomic mass is 9.86. The molecule has 0 spiro atoms. The van der Waals surface area contributed by atoms with E-state index in [4.69, 9.17) is 16.3 Å². The molecular weight excluding hydrogens is 625 g/mol. The number of rotatable bonds is 8. The molecule has 15 heteroatoms. The number of sulfonamides is 1. The molecule has 0 radical (unpaired) electrons. The van der Waals surface area contributed by atoms with Gasteiger partial charge in [-0.25, -0.2) is 22.9 Å². The Morgan fingerprint density at radius 1 is 1.16 bits per heavy atom. The van der Waals surface area contributed by atoms with Gasteiger partial charge in [-0.15, -0.1) is 0 Å². The van der Waals surface area contributed by atoms with Crippen LogP contribution in [0, 0.1) is 0 Å². The molecule has 232 valence electrons. The minimum Gasteiger partial charge on any atom is -0.490 e. The van der Waals surface area contributed by atoms with Gasteiger partial charge < -0.3 is 14.6 Å². The second kappa shape index (κ2) is 13.1. The van der Waals surface area contributed by atoms with E-state index in [1.807, 2.05) is 0 Å². The second-order valence-corrected chi connectivity index (χ2v) is 11.4. The summed E-state index contributed by atoms with van der Waals surface area (Å²) in [4.78, 5) is 14.5. The highest BCUT2D eigenvalue weighted by Gasteiger charge is 2.45. The predicted octanol–water partition coefficient (Wildman–Crippen LogP) is 4.34. The van der Waals surface area contributed by atoms with Gasteiger partial charge in [-0.3, -0.25) is 4.99 Å². The Balaban J connectivity index is 1.64. The normalized spacial score (nSPS) is 17.5. The number of aliphatic imine (C=N–C) groups is 1. The van der Waals surface area contributed by atoms with Gasteiger partial charge in [0.1, 0.15) is 18.1 Å². The molecule has 0 fully saturated rings. The monoisotopic (exact) mass is 650 g/mol. The van der Waals surface area contributed by atoms with Crippen LogP contribution in [0.5, 0.6) is 5.75 Å². The third-order valence-electron chi connectivity index (χ3n) is 6.41. The number of carbonyl (C=O) groups excluding carboxylic acids is 1. The molecule has 44 heavy (non-hydrogen) atoms. The van der Waals surface area contributed by atoms with E-state index in [2.05, 4.69) is 19.6 Å². The molecule has 1 unspecified atom stereocenters.